The number of pyridine rings is 1. The second kappa shape index (κ2) is 44.4. The number of unbranched alkanes of at least 4 members (excludes halogenated alkanes) is 1. The summed E-state index contributed by atoms with van der Waals surface area (Å²) in [5.41, 5.74) is 1.05. The predicted molar refractivity (Wildman–Crippen MR) is 380 cm³/mol. The molecule has 0 aliphatic carbocycles. The summed E-state index contributed by atoms with van der Waals surface area (Å²) in [6.45, 7) is 10.3. The fourth-order valence-corrected chi connectivity index (χ4v) is 13.6. The number of aromatic amines is 1. The summed E-state index contributed by atoms with van der Waals surface area (Å²) in [5, 5.41) is 36.7. The summed E-state index contributed by atoms with van der Waals surface area (Å²) in [6, 6.07) is 5.38. The van der Waals surface area contributed by atoms with Crippen molar-refractivity contribution >= 4 is 85.2 Å². The number of imidazole rings is 1. The van der Waals surface area contributed by atoms with Crippen LogP contribution in [-0.4, -0.2) is 292 Å². The average molecular weight is 1480 g/mol. The lowest BCUT2D eigenvalue weighted by Gasteiger charge is -2.31. The number of likely N-dealkylation sites (N-methyl/N-ethyl adjacent to an activating group) is 2. The largest absolute Gasteiger partial charge is 0.494 e. The van der Waals surface area contributed by atoms with Crippen LogP contribution in [0.15, 0.2) is 58.6 Å². The Morgan fingerprint density at radius 3 is 1.92 bits per heavy atom. The molecule has 2 unspecified atom stereocenters. The van der Waals surface area contributed by atoms with Crippen molar-refractivity contribution in [3.05, 3.63) is 81.4 Å². The van der Waals surface area contributed by atoms with Crippen molar-refractivity contribution in [2.24, 2.45) is 7.05 Å². The van der Waals surface area contributed by atoms with Crippen LogP contribution in [0.25, 0.3) is 10.9 Å². The lowest BCUT2D eigenvalue weighted by Crippen LogP contribution is -2.51. The van der Waals surface area contributed by atoms with Gasteiger partial charge in [-0.1, -0.05) is 6.07 Å². The zero-order valence-electron chi connectivity index (χ0n) is 58.4. The van der Waals surface area contributed by atoms with E-state index in [1.807, 2.05) is 23.9 Å². The van der Waals surface area contributed by atoms with Gasteiger partial charge >= 0.3 is 19.5 Å². The second-order valence-electron chi connectivity index (χ2n) is 24.7. The van der Waals surface area contributed by atoms with E-state index < -0.39 is 71.7 Å². The molecule has 2 aromatic heterocycles. The molecule has 1 aliphatic rings. The number of carbonyl (C=O) groups is 7. The van der Waals surface area contributed by atoms with Crippen molar-refractivity contribution in [2.45, 2.75) is 82.3 Å². The van der Waals surface area contributed by atoms with Crippen LogP contribution in [0.3, 0.4) is 0 Å². The van der Waals surface area contributed by atoms with E-state index in [1.165, 1.54) is 37.1 Å². The van der Waals surface area contributed by atoms with Gasteiger partial charge in [-0.15, -0.1) is 9.24 Å². The molecule has 3 atom stereocenters. The molecule has 101 heavy (non-hydrogen) atoms. The molecule has 37 heteroatoms. The van der Waals surface area contributed by atoms with Crippen molar-refractivity contribution < 1.29 is 85.5 Å². The van der Waals surface area contributed by atoms with Crippen molar-refractivity contribution in [1.82, 2.24) is 70.3 Å². The van der Waals surface area contributed by atoms with E-state index in [9.17, 15) is 71.3 Å². The Bertz CT molecular complexity index is 3510. The SMILES string of the molecule is Cc1cc(OCCCC(=O)NCCCOCCOCCOCCCNC(=O)[C@@H](CCCCNC(=O)CN(CP)CP(=O)(O)O)NC(=O)CN2CCN(C)CCN(C)CCN(CC(=O)O)CC2)cc(C)c1S(=O)(=O)NC(CNC(=O)c1cn(C)c2cc(CNc3ncc[nH]3)ccc2c1=O)C(=O)O. The normalized spacial score (nSPS) is 14.7. The first kappa shape index (κ1) is 84.6. The number of nitrogens with zero attached hydrogens (tertiary/aromatic N) is 7. The smallest absolute Gasteiger partial charge is 0.339 e. The number of hydrogen-bond donors (Lipinski definition) is 12. The van der Waals surface area contributed by atoms with Crippen LogP contribution >= 0.6 is 16.8 Å². The highest BCUT2D eigenvalue weighted by Gasteiger charge is 2.30. The number of ether oxygens (including phenoxy) is 4. The fourth-order valence-electron chi connectivity index (χ4n) is 10.8. The highest BCUT2D eigenvalue weighted by Crippen LogP contribution is 2.35. The summed E-state index contributed by atoms with van der Waals surface area (Å²) in [4.78, 5) is 138. The van der Waals surface area contributed by atoms with Crippen molar-refractivity contribution in [1.29, 1.82) is 0 Å². The van der Waals surface area contributed by atoms with Crippen LogP contribution in [0, 0.1) is 13.8 Å². The number of rotatable bonds is 45. The first-order valence-corrected chi connectivity index (χ1v) is 37.7. The zero-order chi connectivity index (χ0) is 73.9. The number of nitrogens with one attached hydrogen (secondary N) is 8. The van der Waals surface area contributed by atoms with Crippen LogP contribution in [0.2, 0.25) is 0 Å². The summed E-state index contributed by atoms with van der Waals surface area (Å²) in [5.74, 6) is -3.85. The second-order valence-corrected chi connectivity index (χ2v) is 28.3. The molecular formula is C64H103N15O19P2S. The minimum Gasteiger partial charge on any atom is -0.494 e. The number of aromatic nitrogens is 3. The Hall–Kier alpha value is -7.08. The number of aliphatic carboxylic acids is 2. The third-order valence-corrected chi connectivity index (χ3v) is 19.2. The van der Waals surface area contributed by atoms with Gasteiger partial charge in [-0.05, 0) is 107 Å². The highest BCUT2D eigenvalue weighted by atomic mass is 32.2. The highest BCUT2D eigenvalue weighted by molar-refractivity contribution is 7.89. The number of benzene rings is 2. The number of carboxylic acids is 2. The summed E-state index contributed by atoms with van der Waals surface area (Å²) < 4.78 is 65.3. The van der Waals surface area contributed by atoms with Crippen molar-refractivity contribution in [3.63, 3.8) is 0 Å². The van der Waals surface area contributed by atoms with Crippen LogP contribution in [0.5, 0.6) is 5.75 Å². The molecular weight excluding hydrogens is 1380 g/mol. The van der Waals surface area contributed by atoms with E-state index in [1.54, 1.807) is 42.2 Å². The zero-order valence-corrected chi connectivity index (χ0v) is 61.2. The van der Waals surface area contributed by atoms with Crippen molar-refractivity contribution in [2.75, 3.05) is 176 Å². The monoisotopic (exact) mass is 1480 g/mol. The Balaban J connectivity index is 0.935. The Kier molecular flexibility index (Phi) is 37.2. The first-order chi connectivity index (χ1) is 48.1. The Morgan fingerprint density at radius 1 is 0.723 bits per heavy atom. The van der Waals surface area contributed by atoms with Gasteiger partial charge in [-0.25, -0.2) is 13.4 Å². The van der Waals surface area contributed by atoms with Gasteiger partial charge in [-0.3, -0.25) is 57.6 Å². The van der Waals surface area contributed by atoms with Gasteiger partial charge in [-0.2, -0.15) is 4.72 Å². The van der Waals surface area contributed by atoms with Crippen LogP contribution in [0.1, 0.15) is 72.0 Å². The number of amides is 5. The number of sulfonamides is 1. The summed E-state index contributed by atoms with van der Waals surface area (Å²) in [7, 11) is -0.837. The lowest BCUT2D eigenvalue weighted by molar-refractivity contribution is -0.139. The molecule has 0 saturated carbocycles. The van der Waals surface area contributed by atoms with E-state index in [-0.39, 0.29) is 103 Å². The number of anilines is 1. The number of carboxylic acid groups (broad SMARTS) is 2. The molecule has 2 aromatic carbocycles. The Morgan fingerprint density at radius 2 is 1.32 bits per heavy atom. The molecule has 5 amide bonds. The molecule has 564 valence electrons. The van der Waals surface area contributed by atoms with Gasteiger partial charge in [0.15, 0.2) is 5.95 Å². The maximum absolute atomic E-state index is 13.7. The quantitative estimate of drug-likeness (QED) is 0.0196. The molecule has 1 fully saturated rings. The van der Waals surface area contributed by atoms with Gasteiger partial charge in [0.05, 0.1) is 63.1 Å². The summed E-state index contributed by atoms with van der Waals surface area (Å²) in [6.07, 6.45) is 6.94. The number of H-pyrrole nitrogens is 1. The average Bonchev–Trinajstić information content (AvgIpc) is 1.62. The van der Waals surface area contributed by atoms with E-state index in [0.29, 0.717) is 141 Å². The van der Waals surface area contributed by atoms with Gasteiger partial charge in [0.2, 0.25) is 39.1 Å². The molecule has 4 aromatic rings. The standard InChI is InChI=1S/C64H103N15O19P2S/c1-46-35-49(36-47(2)60(46)101(93,94)73-53(63(88)89)39-70-61(86)51-40-76(5)54-37-48(13-14-50(54)59(51)85)38-71-64-68-18-19-69-64)98-30-8-12-55(80)65-16-9-28-95-31-33-97-34-32-96-29-10-17-67-62(87)52(11-6-7-15-66-56(81)41-79(44-99)45-100(90,91)92)72-57(82)42-77-24-22-74(3)20-21-75(4)23-25-78(27-26-77)43-58(83)84/h13-14,18-19,35-37,40,52-53,73H,6-12,15-17,20-34,38-39,41-45,99H2,1-5H3,(H,65,80)(H,66,81)(H,67,87)(H,70,86)(H,72,82)(H,83,84)(H,88,89)(H2,68,69,71)(H2,90,91,92)/t52-,53?/m1/s1. The van der Waals surface area contributed by atoms with Gasteiger partial charge in [0.25, 0.3) is 5.91 Å². The van der Waals surface area contributed by atoms with Gasteiger partial charge < -0.3 is 90.2 Å². The van der Waals surface area contributed by atoms with E-state index in [4.69, 9.17) is 18.9 Å². The number of fused-ring (bicyclic) bond motifs is 1. The Labute approximate surface area is 591 Å². The molecule has 34 nitrogen and oxygen atoms in total. The third kappa shape index (κ3) is 32.4. The molecule has 3 heterocycles. The maximum Gasteiger partial charge on any atom is 0.339 e. The lowest BCUT2D eigenvalue weighted by atomic mass is 10.1. The minimum absolute atomic E-state index is 0.0163. The molecule has 1 aliphatic heterocycles. The molecule has 0 spiro atoms. The predicted octanol–water partition coefficient (Wildman–Crippen LogP) is -0.520. The fraction of sp³-hybridized carbons (Fsp3) is 0.609. The topological polar surface area (TPSA) is 440 Å². The van der Waals surface area contributed by atoms with Crippen LogP contribution in [0.4, 0.5) is 5.95 Å². The van der Waals surface area contributed by atoms with Crippen LogP contribution in [-0.2, 0) is 71.2 Å². The summed E-state index contributed by atoms with van der Waals surface area (Å²) >= 11 is 0. The van der Waals surface area contributed by atoms with Gasteiger partial charge in [0, 0.05) is 142 Å². The molecule has 0 radical (unpaired) electrons. The number of carbonyl (C=O) groups excluding carboxylic acids is 5. The third-order valence-electron chi connectivity index (χ3n) is 16.2. The van der Waals surface area contributed by atoms with E-state index in [2.05, 4.69) is 65.6 Å². The molecule has 5 rings (SSSR count). The molecule has 1 saturated heterocycles. The van der Waals surface area contributed by atoms with Crippen LogP contribution < -0.4 is 46.8 Å². The minimum atomic E-state index is -4.47. The van der Waals surface area contributed by atoms with E-state index >= 15 is 0 Å². The first-order valence-electron chi connectivity index (χ1n) is 33.6. The molecule has 0 bridgehead atoms. The molecule has 12 N–H and O–H groups in total. The maximum atomic E-state index is 13.7. The van der Waals surface area contributed by atoms with Gasteiger partial charge in [0.1, 0.15) is 29.7 Å². The number of aryl methyl sites for hydroxylation is 3. The number of hydrogen-bond acceptors (Lipinski definition) is 22. The van der Waals surface area contributed by atoms with E-state index in [0.717, 1.165) is 18.7 Å². The van der Waals surface area contributed by atoms with Crippen molar-refractivity contribution in [3.8, 4) is 5.75 Å².